The number of fused-ring (bicyclic) bond motifs is 4. The van der Waals surface area contributed by atoms with E-state index in [9.17, 15) is 9.59 Å². The fourth-order valence-electron chi connectivity index (χ4n) is 4.94. The Morgan fingerprint density at radius 2 is 1.07 bits per heavy atom. The second-order valence-corrected chi connectivity index (χ2v) is 9.05. The highest BCUT2D eigenvalue weighted by Crippen LogP contribution is 2.56. The molecule has 4 nitrogen and oxygen atoms in total. The van der Waals surface area contributed by atoms with Crippen molar-refractivity contribution in [2.75, 3.05) is 0 Å². The summed E-state index contributed by atoms with van der Waals surface area (Å²) in [4.78, 5) is 25.8. The van der Waals surface area contributed by atoms with E-state index in [1.54, 1.807) is 24.3 Å². The molecule has 0 N–H and O–H groups in total. The molecule has 152 valence electrons. The first-order valence-corrected chi connectivity index (χ1v) is 10.4. The van der Waals surface area contributed by atoms with E-state index >= 15 is 0 Å². The third kappa shape index (κ3) is 3.81. The molecular weight excluding hydrogens is 364 g/mol. The molecule has 3 fully saturated rings. The van der Waals surface area contributed by atoms with Crippen LogP contribution in [0.3, 0.4) is 0 Å². The minimum Gasteiger partial charge on any atom is -0.454 e. The van der Waals surface area contributed by atoms with Crippen LogP contribution in [0.1, 0.15) is 66.7 Å². The summed E-state index contributed by atoms with van der Waals surface area (Å²) in [6.45, 7) is 4.34. The Bertz CT molecular complexity index is 805. The smallest absolute Gasteiger partial charge is 0.338 e. The predicted octanol–water partition coefficient (Wildman–Crippen LogP) is 5.43. The van der Waals surface area contributed by atoms with Crippen molar-refractivity contribution in [3.63, 3.8) is 0 Å². The van der Waals surface area contributed by atoms with Gasteiger partial charge in [-0.05, 0) is 49.9 Å². The molecule has 0 amide bonds. The molecule has 4 heteroatoms. The fraction of sp³-hybridized carbons (Fsp3) is 0.440. The number of benzene rings is 2. The van der Waals surface area contributed by atoms with E-state index in [0.717, 1.165) is 32.1 Å². The number of carbonyl (C=O) groups excluding carboxylic acids is 2. The van der Waals surface area contributed by atoms with Crippen LogP contribution in [0.2, 0.25) is 0 Å². The van der Waals surface area contributed by atoms with E-state index in [-0.39, 0.29) is 22.8 Å². The van der Waals surface area contributed by atoms with Crippen LogP contribution in [0.25, 0.3) is 0 Å². The summed E-state index contributed by atoms with van der Waals surface area (Å²) in [6, 6.07) is 18.1. The van der Waals surface area contributed by atoms with Crippen molar-refractivity contribution in [2.45, 2.75) is 58.2 Å². The second kappa shape index (κ2) is 7.66. The lowest BCUT2D eigenvalue weighted by molar-refractivity contribution is -0.146. The molecule has 29 heavy (non-hydrogen) atoms. The third-order valence-corrected chi connectivity index (χ3v) is 6.90. The van der Waals surface area contributed by atoms with Gasteiger partial charge in [-0.25, -0.2) is 9.59 Å². The summed E-state index contributed by atoms with van der Waals surface area (Å²) in [7, 11) is 0. The van der Waals surface area contributed by atoms with Crippen molar-refractivity contribution in [1.29, 1.82) is 0 Å². The molecule has 4 atom stereocenters. The topological polar surface area (TPSA) is 52.6 Å². The molecule has 0 aromatic heterocycles. The lowest BCUT2D eigenvalue weighted by atomic mass is 9.63. The Morgan fingerprint density at radius 3 is 1.45 bits per heavy atom. The SMILES string of the molecule is CC12CCCC(C)(CC1)C(OC(=O)c1ccccc1)C2OC(=O)c1ccccc1. The van der Waals surface area contributed by atoms with Gasteiger partial charge in [-0.2, -0.15) is 0 Å². The third-order valence-electron chi connectivity index (χ3n) is 6.90. The largest absolute Gasteiger partial charge is 0.454 e. The Morgan fingerprint density at radius 1 is 0.690 bits per heavy atom. The molecular formula is C25H28O4. The van der Waals surface area contributed by atoms with Crippen LogP contribution in [0.4, 0.5) is 0 Å². The Kier molecular flexibility index (Phi) is 5.20. The van der Waals surface area contributed by atoms with Crippen LogP contribution in [0, 0.1) is 10.8 Å². The normalized spacial score (nSPS) is 31.0. The quantitative estimate of drug-likeness (QED) is 0.651. The molecule has 0 heterocycles. The maximum absolute atomic E-state index is 12.9. The first kappa shape index (κ1) is 19.7. The van der Waals surface area contributed by atoms with Crippen molar-refractivity contribution in [3.05, 3.63) is 71.8 Å². The maximum atomic E-state index is 12.9. The molecule has 3 saturated carbocycles. The van der Waals surface area contributed by atoms with E-state index in [0.29, 0.717) is 11.1 Å². The summed E-state index contributed by atoms with van der Waals surface area (Å²) in [5.41, 5.74) is 0.661. The molecule has 0 spiro atoms. The van der Waals surface area contributed by atoms with E-state index in [4.69, 9.17) is 9.47 Å². The Labute approximate surface area is 172 Å². The molecule has 2 aromatic rings. The van der Waals surface area contributed by atoms with Crippen LogP contribution in [-0.4, -0.2) is 24.1 Å². The summed E-state index contributed by atoms with van der Waals surface area (Å²) >= 11 is 0. The van der Waals surface area contributed by atoms with Crippen LogP contribution >= 0.6 is 0 Å². The van der Waals surface area contributed by atoms with E-state index in [2.05, 4.69) is 13.8 Å². The fourth-order valence-corrected chi connectivity index (χ4v) is 4.94. The predicted molar refractivity (Wildman–Crippen MR) is 111 cm³/mol. The van der Waals surface area contributed by atoms with Crippen LogP contribution in [0.5, 0.6) is 0 Å². The summed E-state index contributed by atoms with van der Waals surface area (Å²) < 4.78 is 12.2. The molecule has 3 aliphatic carbocycles. The van der Waals surface area contributed by atoms with Gasteiger partial charge in [0.05, 0.1) is 11.1 Å². The Balaban J connectivity index is 1.65. The zero-order chi connectivity index (χ0) is 20.5. The maximum Gasteiger partial charge on any atom is 0.338 e. The van der Waals surface area contributed by atoms with Gasteiger partial charge in [0.2, 0.25) is 0 Å². The van der Waals surface area contributed by atoms with Gasteiger partial charge < -0.3 is 9.47 Å². The number of esters is 2. The average Bonchev–Trinajstić information content (AvgIpc) is 2.96. The van der Waals surface area contributed by atoms with Gasteiger partial charge in [0.15, 0.2) is 0 Å². The lowest BCUT2D eigenvalue weighted by Gasteiger charge is -2.49. The van der Waals surface area contributed by atoms with Crippen molar-refractivity contribution >= 4 is 11.9 Å². The van der Waals surface area contributed by atoms with Crippen molar-refractivity contribution in [2.24, 2.45) is 10.8 Å². The van der Waals surface area contributed by atoms with Gasteiger partial charge in [0.25, 0.3) is 0 Å². The summed E-state index contributed by atoms with van der Waals surface area (Å²) in [5.74, 6) is -0.706. The molecule has 0 radical (unpaired) electrons. The lowest BCUT2D eigenvalue weighted by Crippen LogP contribution is -2.55. The molecule has 2 aromatic carbocycles. The highest BCUT2D eigenvalue weighted by atomic mass is 16.6. The van der Waals surface area contributed by atoms with Crippen LogP contribution in [0.15, 0.2) is 60.7 Å². The Hall–Kier alpha value is -2.62. The summed E-state index contributed by atoms with van der Waals surface area (Å²) in [6.07, 6.45) is 4.01. The second-order valence-electron chi connectivity index (χ2n) is 9.05. The molecule has 2 bridgehead atoms. The van der Waals surface area contributed by atoms with Gasteiger partial charge in [-0.1, -0.05) is 56.7 Å². The number of ether oxygens (including phenoxy) is 2. The van der Waals surface area contributed by atoms with Gasteiger partial charge in [0.1, 0.15) is 12.2 Å². The zero-order valence-electron chi connectivity index (χ0n) is 17.1. The van der Waals surface area contributed by atoms with Gasteiger partial charge in [0, 0.05) is 10.8 Å². The first-order chi connectivity index (χ1) is 13.9. The highest BCUT2D eigenvalue weighted by molar-refractivity contribution is 5.90. The first-order valence-electron chi connectivity index (χ1n) is 10.4. The molecule has 3 aliphatic rings. The average molecular weight is 392 g/mol. The van der Waals surface area contributed by atoms with Gasteiger partial charge in [-0.15, -0.1) is 0 Å². The van der Waals surface area contributed by atoms with Crippen molar-refractivity contribution in [1.82, 2.24) is 0 Å². The van der Waals surface area contributed by atoms with Crippen molar-refractivity contribution < 1.29 is 19.1 Å². The molecule has 5 rings (SSSR count). The number of hydrogen-bond acceptors (Lipinski definition) is 4. The summed E-state index contributed by atoms with van der Waals surface area (Å²) in [5, 5.41) is 0. The van der Waals surface area contributed by atoms with Gasteiger partial charge in [-0.3, -0.25) is 0 Å². The molecule has 0 saturated heterocycles. The van der Waals surface area contributed by atoms with Crippen LogP contribution in [-0.2, 0) is 9.47 Å². The number of carbonyl (C=O) groups is 2. The monoisotopic (exact) mass is 392 g/mol. The molecule has 4 unspecified atom stereocenters. The number of rotatable bonds is 4. The standard InChI is InChI=1S/C25H28O4/c1-24-14-9-15-25(2,17-16-24)21(29-23(27)19-12-7-4-8-13-19)20(24)28-22(26)18-10-5-3-6-11-18/h3-8,10-13,20-21H,9,14-17H2,1-2H3. The number of hydrogen-bond donors (Lipinski definition) is 0. The zero-order valence-corrected chi connectivity index (χ0v) is 17.1. The van der Waals surface area contributed by atoms with E-state index < -0.39 is 12.2 Å². The van der Waals surface area contributed by atoms with Gasteiger partial charge >= 0.3 is 11.9 Å². The minimum atomic E-state index is -0.455. The molecule has 0 aliphatic heterocycles. The van der Waals surface area contributed by atoms with Crippen LogP contribution < -0.4 is 0 Å². The van der Waals surface area contributed by atoms with E-state index in [1.807, 2.05) is 36.4 Å². The van der Waals surface area contributed by atoms with Crippen molar-refractivity contribution in [3.8, 4) is 0 Å². The highest BCUT2D eigenvalue weighted by Gasteiger charge is 2.57. The van der Waals surface area contributed by atoms with E-state index in [1.165, 1.54) is 0 Å². The minimum absolute atomic E-state index is 0.192.